The summed E-state index contributed by atoms with van der Waals surface area (Å²) in [4.78, 5) is 0. The second kappa shape index (κ2) is 4.84. The topological polar surface area (TPSA) is 37.3 Å². The van der Waals surface area contributed by atoms with Crippen LogP contribution in [0.1, 0.15) is 31.2 Å². The molecule has 2 heterocycles. The summed E-state index contributed by atoms with van der Waals surface area (Å²) in [6.45, 7) is 0. The Balaban J connectivity index is 1.88. The van der Waals surface area contributed by atoms with Gasteiger partial charge in [-0.05, 0) is 37.8 Å². The van der Waals surface area contributed by atoms with Gasteiger partial charge in [0.25, 0.3) is 0 Å². The fourth-order valence-corrected chi connectivity index (χ4v) is 5.61. The molecule has 6 heteroatoms. The lowest BCUT2D eigenvalue weighted by molar-refractivity contribution is 0.0213. The number of benzene rings is 1. The van der Waals surface area contributed by atoms with Crippen molar-refractivity contribution >= 4 is 10.8 Å². The van der Waals surface area contributed by atoms with E-state index in [1.807, 2.05) is 0 Å². The molecule has 20 heavy (non-hydrogen) atoms. The number of fused-ring (bicyclic) bond motifs is 2. The molecule has 2 unspecified atom stereocenters. The van der Waals surface area contributed by atoms with Gasteiger partial charge >= 0.3 is 0 Å². The molecule has 1 N–H and O–H groups in total. The highest BCUT2D eigenvalue weighted by atomic mass is 32.2. The van der Waals surface area contributed by atoms with Crippen molar-refractivity contribution in [3.63, 3.8) is 0 Å². The summed E-state index contributed by atoms with van der Waals surface area (Å²) in [5.74, 6) is -3.21. The zero-order chi connectivity index (χ0) is 14.5. The van der Waals surface area contributed by atoms with Crippen LogP contribution >= 0.6 is 0 Å². The van der Waals surface area contributed by atoms with E-state index in [-0.39, 0.29) is 29.8 Å². The van der Waals surface area contributed by atoms with Crippen LogP contribution in [0.3, 0.4) is 0 Å². The van der Waals surface area contributed by atoms with Gasteiger partial charge in [-0.3, -0.25) is 4.21 Å². The first kappa shape index (κ1) is 14.1. The van der Waals surface area contributed by atoms with Crippen molar-refractivity contribution in [2.24, 2.45) is 0 Å². The fourth-order valence-electron chi connectivity index (χ4n) is 3.38. The maximum atomic E-state index is 13.7. The Hall–Kier alpha value is -0.880. The molecule has 2 nitrogen and oxygen atoms in total. The van der Waals surface area contributed by atoms with Gasteiger partial charge in [0.1, 0.15) is 5.82 Å². The van der Waals surface area contributed by atoms with Crippen molar-refractivity contribution in [2.45, 2.75) is 48.2 Å². The van der Waals surface area contributed by atoms with Crippen LogP contribution in [-0.4, -0.2) is 25.4 Å². The van der Waals surface area contributed by atoms with Gasteiger partial charge in [0, 0.05) is 33.3 Å². The number of hydrogen-bond donors (Lipinski definition) is 1. The van der Waals surface area contributed by atoms with Crippen LogP contribution in [0.15, 0.2) is 12.1 Å². The Bertz CT molecular complexity index is 560. The van der Waals surface area contributed by atoms with Crippen molar-refractivity contribution in [1.82, 2.24) is 0 Å². The van der Waals surface area contributed by atoms with Crippen LogP contribution in [-0.2, 0) is 17.2 Å². The summed E-state index contributed by atoms with van der Waals surface area (Å²) in [7, 11) is -0.960. The van der Waals surface area contributed by atoms with E-state index < -0.39 is 39.4 Å². The van der Waals surface area contributed by atoms with Gasteiger partial charge in [0.2, 0.25) is 0 Å². The van der Waals surface area contributed by atoms with E-state index in [0.717, 1.165) is 25.0 Å². The molecule has 2 aliphatic heterocycles. The number of rotatable bonds is 2. The Morgan fingerprint density at radius 1 is 1.15 bits per heavy atom. The first-order chi connectivity index (χ1) is 9.39. The Kier molecular flexibility index (Phi) is 3.41. The fraction of sp³-hybridized carbons (Fsp3) is 0.571. The zero-order valence-electron chi connectivity index (χ0n) is 10.7. The molecule has 1 aromatic rings. The minimum Gasteiger partial charge on any atom is -0.389 e. The van der Waals surface area contributed by atoms with Crippen molar-refractivity contribution < 1.29 is 22.5 Å². The van der Waals surface area contributed by atoms with Crippen molar-refractivity contribution in [3.05, 3.63) is 35.1 Å². The zero-order valence-corrected chi connectivity index (χ0v) is 11.6. The van der Waals surface area contributed by atoms with Gasteiger partial charge < -0.3 is 5.11 Å². The third kappa shape index (κ3) is 2.29. The molecule has 0 spiro atoms. The number of hydrogen-bond acceptors (Lipinski definition) is 2. The van der Waals surface area contributed by atoms with E-state index in [2.05, 4.69) is 0 Å². The summed E-state index contributed by atoms with van der Waals surface area (Å²) in [5.41, 5.74) is -1.71. The third-order valence-corrected chi connectivity index (χ3v) is 6.45. The SMILES string of the molecule is O=S1C2CCC1CC(O)(Cc1c(F)ccc(F)c1F)C2. The molecule has 1 aromatic carbocycles. The number of halogens is 3. The molecule has 0 aromatic heterocycles. The lowest BCUT2D eigenvalue weighted by Crippen LogP contribution is -2.44. The maximum absolute atomic E-state index is 13.7. The minimum absolute atomic E-state index is 0.113. The highest BCUT2D eigenvalue weighted by Crippen LogP contribution is 2.42. The molecular weight excluding hydrogens is 289 g/mol. The van der Waals surface area contributed by atoms with E-state index in [4.69, 9.17) is 0 Å². The molecule has 2 aliphatic rings. The first-order valence-electron chi connectivity index (χ1n) is 6.64. The van der Waals surface area contributed by atoms with Crippen LogP contribution in [0.5, 0.6) is 0 Å². The Morgan fingerprint density at radius 3 is 2.30 bits per heavy atom. The van der Waals surface area contributed by atoms with Gasteiger partial charge in [-0.15, -0.1) is 0 Å². The molecule has 3 rings (SSSR count). The van der Waals surface area contributed by atoms with E-state index >= 15 is 0 Å². The van der Waals surface area contributed by atoms with Crippen molar-refractivity contribution in [3.8, 4) is 0 Å². The van der Waals surface area contributed by atoms with Gasteiger partial charge in [-0.1, -0.05) is 0 Å². The summed E-state index contributed by atoms with van der Waals surface area (Å²) in [6, 6.07) is 1.60. The van der Waals surface area contributed by atoms with Crippen LogP contribution in [0.2, 0.25) is 0 Å². The maximum Gasteiger partial charge on any atom is 0.165 e. The normalized spacial score (nSPS) is 36.3. The molecule has 0 saturated carbocycles. The molecule has 110 valence electrons. The monoisotopic (exact) mass is 304 g/mol. The van der Waals surface area contributed by atoms with Crippen LogP contribution in [0.4, 0.5) is 13.2 Å². The molecule has 0 aliphatic carbocycles. The largest absolute Gasteiger partial charge is 0.389 e. The van der Waals surface area contributed by atoms with Crippen LogP contribution in [0, 0.1) is 17.5 Å². The van der Waals surface area contributed by atoms with Gasteiger partial charge in [0.15, 0.2) is 11.6 Å². The molecule has 2 saturated heterocycles. The highest BCUT2D eigenvalue weighted by Gasteiger charge is 2.48. The molecule has 2 bridgehead atoms. The van der Waals surface area contributed by atoms with Gasteiger partial charge in [-0.25, -0.2) is 13.2 Å². The molecule has 0 radical (unpaired) electrons. The van der Waals surface area contributed by atoms with Crippen molar-refractivity contribution in [2.75, 3.05) is 0 Å². The van der Waals surface area contributed by atoms with Gasteiger partial charge in [0.05, 0.1) is 5.60 Å². The predicted octanol–water partition coefficient (Wildman–Crippen LogP) is 2.45. The van der Waals surface area contributed by atoms with E-state index in [1.165, 1.54) is 0 Å². The van der Waals surface area contributed by atoms with E-state index in [0.29, 0.717) is 0 Å². The average molecular weight is 304 g/mol. The summed E-state index contributed by atoms with van der Waals surface area (Å²) >= 11 is 0. The molecule has 2 fully saturated rings. The summed E-state index contributed by atoms with van der Waals surface area (Å²) < 4.78 is 52.5. The van der Waals surface area contributed by atoms with Crippen molar-refractivity contribution in [1.29, 1.82) is 0 Å². The van der Waals surface area contributed by atoms with Crippen LogP contribution in [0.25, 0.3) is 0 Å². The van der Waals surface area contributed by atoms with E-state index in [9.17, 15) is 22.5 Å². The standard InChI is InChI=1S/C14H15F3O2S/c15-11-3-4-12(16)13(17)10(11)7-14(18)5-8-1-2-9(6-14)20(8)19/h3-4,8-9,18H,1-2,5-7H2. The number of aliphatic hydroxyl groups is 1. The van der Waals surface area contributed by atoms with Gasteiger partial charge in [-0.2, -0.15) is 0 Å². The van der Waals surface area contributed by atoms with E-state index in [1.54, 1.807) is 0 Å². The average Bonchev–Trinajstić information content (AvgIpc) is 2.63. The molecular formula is C14H15F3O2S. The quantitative estimate of drug-likeness (QED) is 0.852. The minimum atomic E-state index is -1.30. The Labute approximate surface area is 117 Å². The molecule has 0 amide bonds. The second-order valence-electron chi connectivity index (χ2n) is 5.78. The predicted molar refractivity (Wildman–Crippen MR) is 69.2 cm³/mol. The second-order valence-corrected chi connectivity index (χ2v) is 7.77. The summed E-state index contributed by atoms with van der Waals surface area (Å²) in [6.07, 6.45) is 1.78. The Morgan fingerprint density at radius 2 is 1.70 bits per heavy atom. The first-order valence-corrected chi connectivity index (χ1v) is 7.91. The smallest absolute Gasteiger partial charge is 0.165 e. The molecule has 2 atom stereocenters. The lowest BCUT2D eigenvalue weighted by atomic mass is 9.86. The lowest BCUT2D eigenvalue weighted by Gasteiger charge is -2.36. The van der Waals surface area contributed by atoms with Crippen LogP contribution < -0.4 is 0 Å². The highest BCUT2D eigenvalue weighted by molar-refractivity contribution is 7.86. The third-order valence-electron chi connectivity index (χ3n) is 4.33. The summed E-state index contributed by atoms with van der Waals surface area (Å²) in [5, 5.41) is 10.3.